The van der Waals surface area contributed by atoms with Gasteiger partial charge >= 0.3 is 0 Å². The Bertz CT molecular complexity index is 871. The lowest BCUT2D eigenvalue weighted by molar-refractivity contribution is -0.0467. The van der Waals surface area contributed by atoms with E-state index in [9.17, 15) is 13.0 Å². The number of ether oxygens (including phenoxy) is 1. The van der Waals surface area contributed by atoms with E-state index in [-0.39, 0.29) is 11.6 Å². The second kappa shape index (κ2) is 6.89. The Hall–Kier alpha value is -1.39. The van der Waals surface area contributed by atoms with E-state index in [2.05, 4.69) is 4.90 Å². The Morgan fingerprint density at radius 3 is 2.48 bits per heavy atom. The van der Waals surface area contributed by atoms with Gasteiger partial charge in [-0.15, -0.1) is 0 Å². The van der Waals surface area contributed by atoms with Gasteiger partial charge in [0.2, 0.25) is 0 Å². The van der Waals surface area contributed by atoms with Crippen LogP contribution in [0.2, 0.25) is 0 Å². The highest BCUT2D eigenvalue weighted by Crippen LogP contribution is 2.34. The van der Waals surface area contributed by atoms with E-state index in [1.165, 1.54) is 17.4 Å². The van der Waals surface area contributed by atoms with E-state index in [1.54, 1.807) is 4.31 Å². The summed E-state index contributed by atoms with van der Waals surface area (Å²) >= 11 is 0. The number of benzene rings is 1. The van der Waals surface area contributed by atoms with Crippen molar-refractivity contribution in [3.8, 4) is 0 Å². The number of nitrogens with one attached hydrogen (secondary N) is 1. The van der Waals surface area contributed by atoms with Crippen molar-refractivity contribution in [2.75, 3.05) is 39.0 Å². The summed E-state index contributed by atoms with van der Waals surface area (Å²) in [5.41, 5.74) is 8.88. The van der Waals surface area contributed by atoms with Crippen molar-refractivity contribution >= 4 is 9.92 Å². The summed E-state index contributed by atoms with van der Waals surface area (Å²) in [4.78, 5) is 2.28. The molecule has 0 spiro atoms. The molecule has 9 heteroatoms. The molecule has 1 unspecified atom stereocenters. The van der Waals surface area contributed by atoms with Crippen LogP contribution in [0.1, 0.15) is 18.1 Å². The smallest absolute Gasteiger partial charge is 0.129 e. The predicted octanol–water partition coefficient (Wildman–Crippen LogP) is 1.64. The monoisotopic (exact) mass is 398 g/mol. The predicted molar refractivity (Wildman–Crippen MR) is 98.4 cm³/mol. The summed E-state index contributed by atoms with van der Waals surface area (Å²) in [5, 5.41) is 0. The zero-order chi connectivity index (χ0) is 19.3. The molecule has 1 saturated heterocycles. The van der Waals surface area contributed by atoms with Gasteiger partial charge in [-0.05, 0) is 35.8 Å². The number of nitrogens with zero attached hydrogens (tertiary/aromatic N) is 2. The molecule has 0 amide bonds. The average Bonchev–Trinajstić information content (AvgIpc) is 3.16. The Balaban J connectivity index is 1.38. The highest BCUT2D eigenvalue weighted by Gasteiger charge is 2.39. The second-order valence-electron chi connectivity index (χ2n) is 7.69. The SMILES string of the molecule is CS(=N)(=O)N1CC2=C(CN([C@H]3CO[C@H](c4cc(F)ccc4F)[C@@H](N)C3)C2)C1. The molecule has 6 nitrogen and oxygen atoms in total. The first-order chi connectivity index (χ1) is 12.7. The molecule has 0 saturated carbocycles. The third-order valence-electron chi connectivity index (χ3n) is 5.70. The van der Waals surface area contributed by atoms with Crippen LogP contribution < -0.4 is 5.73 Å². The van der Waals surface area contributed by atoms with Gasteiger partial charge in [0.05, 0.1) is 6.61 Å². The van der Waals surface area contributed by atoms with Crippen LogP contribution in [0.3, 0.4) is 0 Å². The molecular weight excluding hydrogens is 374 g/mol. The molecule has 3 aliphatic rings. The van der Waals surface area contributed by atoms with Crippen molar-refractivity contribution in [1.82, 2.24) is 9.21 Å². The van der Waals surface area contributed by atoms with Gasteiger partial charge < -0.3 is 10.5 Å². The zero-order valence-corrected chi connectivity index (χ0v) is 16.0. The molecule has 27 heavy (non-hydrogen) atoms. The molecule has 1 fully saturated rings. The highest BCUT2D eigenvalue weighted by atomic mass is 32.2. The number of rotatable bonds is 3. The number of hydrogen-bond acceptors (Lipinski definition) is 5. The molecule has 0 aliphatic carbocycles. The third-order valence-corrected chi connectivity index (χ3v) is 6.94. The normalized spacial score (nSPS) is 31.9. The fraction of sp³-hybridized carbons (Fsp3) is 0.556. The summed E-state index contributed by atoms with van der Waals surface area (Å²) in [6.07, 6.45) is 1.43. The van der Waals surface area contributed by atoms with Crippen LogP contribution >= 0.6 is 0 Å². The van der Waals surface area contributed by atoms with Gasteiger partial charge in [-0.1, -0.05) is 0 Å². The molecule has 3 N–H and O–H groups in total. The first-order valence-corrected chi connectivity index (χ1v) is 10.9. The minimum absolute atomic E-state index is 0.105. The average molecular weight is 398 g/mol. The van der Waals surface area contributed by atoms with E-state index < -0.39 is 33.7 Å². The first kappa shape index (κ1) is 18.9. The van der Waals surface area contributed by atoms with E-state index >= 15 is 0 Å². The lowest BCUT2D eigenvalue weighted by Gasteiger charge is -2.39. The number of hydrogen-bond donors (Lipinski definition) is 2. The third kappa shape index (κ3) is 3.66. The van der Waals surface area contributed by atoms with E-state index in [1.807, 2.05) is 0 Å². The molecule has 0 aromatic heterocycles. The van der Waals surface area contributed by atoms with Crippen LogP contribution in [0.4, 0.5) is 8.78 Å². The summed E-state index contributed by atoms with van der Waals surface area (Å²) in [6, 6.07) is 3.03. The summed E-state index contributed by atoms with van der Waals surface area (Å²) in [6.45, 7) is 3.05. The van der Waals surface area contributed by atoms with Gasteiger partial charge in [-0.3, -0.25) is 4.90 Å². The quantitative estimate of drug-likeness (QED) is 0.759. The Kier molecular flexibility index (Phi) is 4.84. The van der Waals surface area contributed by atoms with Gasteiger partial charge in [0.15, 0.2) is 0 Å². The van der Waals surface area contributed by atoms with Crippen LogP contribution in [0.25, 0.3) is 0 Å². The van der Waals surface area contributed by atoms with Crippen molar-refractivity contribution in [2.45, 2.75) is 24.6 Å². The summed E-state index contributed by atoms with van der Waals surface area (Å²) in [5.74, 6) is -1.01. The van der Waals surface area contributed by atoms with Crippen molar-refractivity contribution in [3.05, 3.63) is 46.5 Å². The Morgan fingerprint density at radius 2 is 1.89 bits per heavy atom. The maximum absolute atomic E-state index is 14.1. The number of nitrogens with two attached hydrogens (primary N) is 1. The van der Waals surface area contributed by atoms with Crippen molar-refractivity contribution in [2.24, 2.45) is 5.73 Å². The van der Waals surface area contributed by atoms with Crippen LogP contribution in [0.5, 0.6) is 0 Å². The lowest BCUT2D eigenvalue weighted by atomic mass is 9.93. The summed E-state index contributed by atoms with van der Waals surface area (Å²) < 4.78 is 54.8. The topological polar surface area (TPSA) is 82.7 Å². The van der Waals surface area contributed by atoms with Gasteiger partial charge in [0.1, 0.15) is 27.7 Å². The fourth-order valence-corrected chi connectivity index (χ4v) is 5.04. The maximum atomic E-state index is 14.1. The van der Waals surface area contributed by atoms with Crippen LogP contribution in [-0.4, -0.2) is 64.5 Å². The van der Waals surface area contributed by atoms with Crippen molar-refractivity contribution in [1.29, 1.82) is 4.78 Å². The Morgan fingerprint density at radius 1 is 1.22 bits per heavy atom. The largest absolute Gasteiger partial charge is 0.370 e. The van der Waals surface area contributed by atoms with Crippen molar-refractivity contribution < 1.29 is 17.7 Å². The number of halogens is 2. The molecule has 1 aromatic carbocycles. The van der Waals surface area contributed by atoms with Crippen LogP contribution in [0, 0.1) is 16.4 Å². The maximum Gasteiger partial charge on any atom is 0.129 e. The molecule has 4 atom stereocenters. The zero-order valence-electron chi connectivity index (χ0n) is 15.2. The minimum Gasteiger partial charge on any atom is -0.370 e. The molecule has 4 rings (SSSR count). The van der Waals surface area contributed by atoms with Gasteiger partial charge in [-0.2, -0.15) is 0 Å². The lowest BCUT2D eigenvalue weighted by Crippen LogP contribution is -2.49. The molecular formula is C18H24F2N4O2S. The molecule has 1 aromatic rings. The second-order valence-corrected chi connectivity index (χ2v) is 9.81. The van der Waals surface area contributed by atoms with Crippen molar-refractivity contribution in [3.63, 3.8) is 0 Å². The summed E-state index contributed by atoms with van der Waals surface area (Å²) in [7, 11) is -2.68. The van der Waals surface area contributed by atoms with E-state index in [4.69, 9.17) is 15.3 Å². The standard InChI is InChI=1S/C18H24F2N4O2S/c1-27(22,25)24-8-11-6-23(7-12(11)9-24)14-5-17(21)18(26-10-14)15-4-13(19)2-3-16(15)20/h2-4,14,17-18,22H,5-10,21H2,1H3/t14-,17+,18-,27?/m1/s1. The van der Waals surface area contributed by atoms with Gasteiger partial charge in [0, 0.05) is 50.1 Å². The first-order valence-electron chi connectivity index (χ1n) is 8.97. The fourth-order valence-electron chi connectivity index (χ4n) is 4.23. The van der Waals surface area contributed by atoms with Gasteiger partial charge in [0.25, 0.3) is 0 Å². The van der Waals surface area contributed by atoms with Gasteiger partial charge in [-0.25, -0.2) is 22.1 Å². The minimum atomic E-state index is -2.68. The molecule has 3 heterocycles. The molecule has 0 bridgehead atoms. The highest BCUT2D eigenvalue weighted by molar-refractivity contribution is 7.89. The van der Waals surface area contributed by atoms with Crippen LogP contribution in [0.15, 0.2) is 29.3 Å². The molecule has 0 radical (unpaired) electrons. The molecule has 148 valence electrons. The van der Waals surface area contributed by atoms with E-state index in [0.29, 0.717) is 26.1 Å². The van der Waals surface area contributed by atoms with E-state index in [0.717, 1.165) is 31.3 Å². The molecule has 3 aliphatic heterocycles. The Labute approximate surface area is 158 Å². The van der Waals surface area contributed by atoms with Crippen LogP contribution in [-0.2, 0) is 14.7 Å².